The molecule has 0 spiro atoms. The molecule has 0 unspecified atom stereocenters. The molecule has 0 aliphatic carbocycles. The smallest absolute Gasteiger partial charge is 0.300 e. The number of rotatable bonds is 9. The van der Waals surface area contributed by atoms with Crippen LogP contribution in [0.1, 0.15) is 34.0 Å². The SMILES string of the molecule is CC(=O)O.O=C(N/N=C/c1ccc(O)cc1O)c1cc(OCc2ccccc2)cc(OCc2ccccc2)c1.[Zn]. The monoisotopic (exact) mass is 592 g/mol. The molecular weight excluding hydrogens is 566 g/mol. The van der Waals surface area contributed by atoms with E-state index in [2.05, 4.69) is 10.5 Å². The van der Waals surface area contributed by atoms with Crippen molar-refractivity contribution in [3.63, 3.8) is 0 Å². The van der Waals surface area contributed by atoms with Crippen LogP contribution in [0, 0.1) is 0 Å². The summed E-state index contributed by atoms with van der Waals surface area (Å²) in [7, 11) is 0. The van der Waals surface area contributed by atoms with Crippen molar-refractivity contribution in [3.8, 4) is 23.0 Å². The van der Waals surface area contributed by atoms with Gasteiger partial charge in [0, 0.05) is 49.7 Å². The van der Waals surface area contributed by atoms with Crippen LogP contribution in [0.2, 0.25) is 0 Å². The van der Waals surface area contributed by atoms with Crippen LogP contribution in [0.5, 0.6) is 23.0 Å². The van der Waals surface area contributed by atoms with Gasteiger partial charge in [0.1, 0.15) is 36.2 Å². The van der Waals surface area contributed by atoms with E-state index >= 15 is 0 Å². The van der Waals surface area contributed by atoms with E-state index in [0.717, 1.165) is 18.1 Å². The topological polar surface area (TPSA) is 138 Å². The number of nitrogens with one attached hydrogen (secondary N) is 1. The quantitative estimate of drug-likeness (QED) is 0.120. The molecule has 0 heterocycles. The fourth-order valence-electron chi connectivity index (χ4n) is 3.22. The zero-order valence-electron chi connectivity index (χ0n) is 21.9. The van der Waals surface area contributed by atoms with E-state index in [4.69, 9.17) is 19.4 Å². The number of aromatic hydroxyl groups is 2. The molecule has 0 saturated carbocycles. The molecule has 0 saturated heterocycles. The van der Waals surface area contributed by atoms with Gasteiger partial charge in [-0.15, -0.1) is 0 Å². The van der Waals surface area contributed by atoms with Gasteiger partial charge in [-0.1, -0.05) is 60.7 Å². The molecule has 0 aliphatic rings. The normalized spacial score (nSPS) is 10.0. The molecule has 0 aromatic heterocycles. The largest absolute Gasteiger partial charge is 0.508 e. The number of carbonyl (C=O) groups is 2. The number of amides is 1. The van der Waals surface area contributed by atoms with Crippen molar-refractivity contribution in [2.45, 2.75) is 20.1 Å². The molecule has 0 fully saturated rings. The van der Waals surface area contributed by atoms with Gasteiger partial charge in [-0.25, -0.2) is 5.43 Å². The van der Waals surface area contributed by atoms with Crippen molar-refractivity contribution < 1.29 is 53.9 Å². The fourth-order valence-corrected chi connectivity index (χ4v) is 3.22. The van der Waals surface area contributed by atoms with Gasteiger partial charge in [-0.3, -0.25) is 9.59 Å². The van der Waals surface area contributed by atoms with E-state index in [1.54, 1.807) is 18.2 Å². The van der Waals surface area contributed by atoms with Gasteiger partial charge in [-0.05, 0) is 35.4 Å². The van der Waals surface area contributed by atoms with Crippen LogP contribution in [0.15, 0.2) is 102 Å². The average molecular weight is 594 g/mol. The van der Waals surface area contributed by atoms with Gasteiger partial charge >= 0.3 is 0 Å². The maximum Gasteiger partial charge on any atom is 0.300 e. The van der Waals surface area contributed by atoms with Gasteiger partial charge in [0.15, 0.2) is 0 Å². The summed E-state index contributed by atoms with van der Waals surface area (Å²) in [4.78, 5) is 21.8. The third kappa shape index (κ3) is 11.0. The van der Waals surface area contributed by atoms with Gasteiger partial charge in [0.25, 0.3) is 11.9 Å². The molecule has 0 atom stereocenters. The first-order valence-corrected chi connectivity index (χ1v) is 11.8. The molecule has 9 nitrogen and oxygen atoms in total. The molecule has 0 aliphatic heterocycles. The first kappa shape index (κ1) is 31.5. The Morgan fingerprint density at radius 3 is 1.77 bits per heavy atom. The Hall–Kier alpha value is -4.69. The van der Waals surface area contributed by atoms with Crippen molar-refractivity contribution in [1.82, 2.24) is 5.43 Å². The number of phenolic OH excluding ortho intramolecular Hbond substituents is 2. The second kappa shape index (κ2) is 16.3. The Morgan fingerprint density at radius 2 is 1.30 bits per heavy atom. The summed E-state index contributed by atoms with van der Waals surface area (Å²) < 4.78 is 11.8. The van der Waals surface area contributed by atoms with Crippen molar-refractivity contribution in [3.05, 3.63) is 119 Å². The number of carboxylic acids is 1. The summed E-state index contributed by atoms with van der Waals surface area (Å²) in [5, 5.41) is 30.6. The minimum absolute atomic E-state index is 0. The number of ether oxygens (including phenoxy) is 2. The third-order valence-electron chi connectivity index (χ3n) is 5.02. The summed E-state index contributed by atoms with van der Waals surface area (Å²) in [6.07, 6.45) is 1.29. The molecule has 0 radical (unpaired) electrons. The number of nitrogens with zero attached hydrogens (tertiary/aromatic N) is 1. The second-order valence-corrected chi connectivity index (χ2v) is 8.20. The maximum atomic E-state index is 12.8. The third-order valence-corrected chi connectivity index (χ3v) is 5.02. The number of phenols is 2. The van der Waals surface area contributed by atoms with Crippen molar-refractivity contribution in [2.75, 3.05) is 0 Å². The van der Waals surface area contributed by atoms with Crippen LogP contribution < -0.4 is 14.9 Å². The molecule has 40 heavy (non-hydrogen) atoms. The van der Waals surface area contributed by atoms with Crippen molar-refractivity contribution in [1.29, 1.82) is 0 Å². The maximum absolute atomic E-state index is 12.8. The van der Waals surface area contributed by atoms with E-state index < -0.39 is 11.9 Å². The second-order valence-electron chi connectivity index (χ2n) is 8.20. The van der Waals surface area contributed by atoms with Gasteiger partial charge < -0.3 is 24.8 Å². The first-order chi connectivity index (χ1) is 18.8. The minimum Gasteiger partial charge on any atom is -0.508 e. The van der Waals surface area contributed by atoms with E-state index in [0.29, 0.717) is 35.8 Å². The van der Waals surface area contributed by atoms with Crippen LogP contribution in [-0.2, 0) is 37.5 Å². The van der Waals surface area contributed by atoms with Crippen LogP contribution >= 0.6 is 0 Å². The molecule has 1 amide bonds. The van der Waals surface area contributed by atoms with E-state index in [9.17, 15) is 15.0 Å². The van der Waals surface area contributed by atoms with Crippen molar-refractivity contribution >= 4 is 18.1 Å². The Kier molecular flexibility index (Phi) is 12.9. The molecule has 10 heteroatoms. The Labute approximate surface area is 244 Å². The molecule has 4 rings (SSSR count). The minimum atomic E-state index is -0.833. The molecule has 4 aromatic carbocycles. The van der Waals surface area contributed by atoms with Crippen LogP contribution in [0.4, 0.5) is 0 Å². The van der Waals surface area contributed by atoms with Gasteiger partial charge in [0.2, 0.25) is 0 Å². The number of hydrogen-bond acceptors (Lipinski definition) is 7. The van der Waals surface area contributed by atoms with Crippen molar-refractivity contribution in [2.24, 2.45) is 5.10 Å². The zero-order valence-corrected chi connectivity index (χ0v) is 24.8. The Bertz CT molecular complexity index is 1350. The predicted molar refractivity (Wildman–Crippen MR) is 146 cm³/mol. The molecule has 4 N–H and O–H groups in total. The van der Waals surface area contributed by atoms with Gasteiger partial charge in [0.05, 0.1) is 6.21 Å². The fraction of sp³-hybridized carbons (Fsp3) is 0.100. The number of hydrazone groups is 1. The first-order valence-electron chi connectivity index (χ1n) is 11.8. The van der Waals surface area contributed by atoms with Crippen LogP contribution in [0.3, 0.4) is 0 Å². The van der Waals surface area contributed by atoms with E-state index in [-0.39, 0.29) is 31.0 Å². The van der Waals surface area contributed by atoms with Crippen LogP contribution in [-0.4, -0.2) is 33.4 Å². The summed E-state index contributed by atoms with van der Waals surface area (Å²) in [5.41, 5.74) is 5.06. The number of aliphatic carboxylic acids is 1. The predicted octanol–water partition coefficient (Wildman–Crippen LogP) is 5.11. The summed E-state index contributed by atoms with van der Waals surface area (Å²) in [6.45, 7) is 1.75. The number of carbonyl (C=O) groups excluding carboxylic acids is 1. The number of benzene rings is 4. The Morgan fingerprint density at radius 1 is 0.800 bits per heavy atom. The molecule has 202 valence electrons. The number of carboxylic acid groups (broad SMARTS) is 1. The Balaban J connectivity index is 0.00000105. The number of hydrogen-bond donors (Lipinski definition) is 4. The summed E-state index contributed by atoms with van der Waals surface area (Å²) >= 11 is 0. The standard InChI is InChI=1S/C28H24N2O5.C2H4O2.Zn/c31-24-12-11-22(27(32)15-24)17-29-30-28(33)23-13-25(34-18-20-7-3-1-4-8-20)16-26(14-23)35-19-21-9-5-2-6-10-21;1-2(3)4;/h1-17,31-32H,18-19H2,(H,30,33);1H3,(H,3,4);/b29-17+;;. The summed E-state index contributed by atoms with van der Waals surface area (Å²) in [5.74, 6) is -0.585. The average Bonchev–Trinajstić information content (AvgIpc) is 2.92. The molecular formula is C30H28N2O7Zn. The van der Waals surface area contributed by atoms with Crippen LogP contribution in [0.25, 0.3) is 0 Å². The molecule has 0 bridgehead atoms. The van der Waals surface area contributed by atoms with E-state index in [1.165, 1.54) is 24.4 Å². The van der Waals surface area contributed by atoms with E-state index in [1.807, 2.05) is 60.7 Å². The van der Waals surface area contributed by atoms with Gasteiger partial charge in [-0.2, -0.15) is 5.10 Å². The molecule has 4 aromatic rings. The zero-order chi connectivity index (χ0) is 28.0. The summed E-state index contributed by atoms with van der Waals surface area (Å²) in [6, 6.07) is 28.5.